The lowest BCUT2D eigenvalue weighted by atomic mass is 9.95. The van der Waals surface area contributed by atoms with E-state index in [2.05, 4.69) is 4.84 Å². The number of nitrogens with two attached hydrogens (primary N) is 1. The van der Waals surface area contributed by atoms with E-state index in [0.29, 0.717) is 17.9 Å². The molecule has 0 atom stereocenters. The van der Waals surface area contributed by atoms with Crippen molar-refractivity contribution in [3.63, 3.8) is 0 Å². The minimum absolute atomic E-state index is 0.0684. The zero-order valence-corrected chi connectivity index (χ0v) is 9.51. The van der Waals surface area contributed by atoms with E-state index in [4.69, 9.17) is 10.6 Å². The molecule has 92 valence electrons. The van der Waals surface area contributed by atoms with Gasteiger partial charge in [0.05, 0.1) is 24.7 Å². The summed E-state index contributed by atoms with van der Waals surface area (Å²) >= 11 is 0. The Hall–Kier alpha value is -1.66. The Morgan fingerprint density at radius 1 is 1.53 bits per heavy atom. The predicted octanol–water partition coefficient (Wildman–Crippen LogP) is 1.53. The summed E-state index contributed by atoms with van der Waals surface area (Å²) in [5.41, 5.74) is 0.455. The Morgan fingerprint density at radius 3 is 2.71 bits per heavy atom. The van der Waals surface area contributed by atoms with Crippen LogP contribution in [0.2, 0.25) is 0 Å². The van der Waals surface area contributed by atoms with Gasteiger partial charge in [-0.15, -0.1) is 0 Å². The van der Waals surface area contributed by atoms with Crippen LogP contribution in [0, 0.1) is 10.1 Å². The molecular weight excluding hydrogens is 224 g/mol. The Morgan fingerprint density at radius 2 is 2.24 bits per heavy atom. The largest absolute Gasteiger partial charge is 0.497 e. The standard InChI is InChI=1S/C11H14N2O4/c1-16-8-2-3-9(10(6-8)13(14)15)11(4-5-11)7-17-12/h2-3,6H,4-5,7,12H2,1H3. The summed E-state index contributed by atoms with van der Waals surface area (Å²) in [6.45, 7) is 0.306. The average molecular weight is 238 g/mol. The van der Waals surface area contributed by atoms with E-state index in [9.17, 15) is 10.1 Å². The highest BCUT2D eigenvalue weighted by molar-refractivity contribution is 5.52. The molecule has 0 amide bonds. The van der Waals surface area contributed by atoms with Crippen LogP contribution < -0.4 is 10.6 Å². The van der Waals surface area contributed by atoms with Gasteiger partial charge >= 0.3 is 0 Å². The third kappa shape index (κ3) is 2.09. The first-order valence-corrected chi connectivity index (χ1v) is 5.27. The van der Waals surface area contributed by atoms with Gasteiger partial charge < -0.3 is 9.57 Å². The molecule has 1 aliphatic rings. The maximum Gasteiger partial charge on any atom is 0.276 e. The summed E-state index contributed by atoms with van der Waals surface area (Å²) in [6, 6.07) is 4.88. The van der Waals surface area contributed by atoms with E-state index in [-0.39, 0.29) is 11.1 Å². The zero-order valence-electron chi connectivity index (χ0n) is 9.51. The zero-order chi connectivity index (χ0) is 12.5. The molecule has 0 aromatic heterocycles. The van der Waals surface area contributed by atoms with Gasteiger partial charge in [-0.2, -0.15) is 0 Å². The lowest BCUT2D eigenvalue weighted by Gasteiger charge is -2.14. The first kappa shape index (κ1) is 11.8. The van der Waals surface area contributed by atoms with Crippen LogP contribution >= 0.6 is 0 Å². The van der Waals surface area contributed by atoms with Crippen LogP contribution in [0.25, 0.3) is 0 Å². The van der Waals surface area contributed by atoms with Crippen molar-refractivity contribution in [2.45, 2.75) is 18.3 Å². The van der Waals surface area contributed by atoms with Crippen molar-refractivity contribution in [2.24, 2.45) is 5.90 Å². The van der Waals surface area contributed by atoms with Crippen molar-refractivity contribution >= 4 is 5.69 Å². The molecule has 1 aromatic rings. The fourth-order valence-electron chi connectivity index (χ4n) is 2.04. The highest BCUT2D eigenvalue weighted by atomic mass is 16.6. The Bertz CT molecular complexity index is 443. The maximum absolute atomic E-state index is 11.0. The molecular formula is C11H14N2O4. The molecule has 0 spiro atoms. The van der Waals surface area contributed by atoms with Crippen LogP contribution in [-0.2, 0) is 10.3 Å². The summed E-state index contributed by atoms with van der Waals surface area (Å²) in [5.74, 6) is 5.56. The molecule has 17 heavy (non-hydrogen) atoms. The third-order valence-electron chi connectivity index (χ3n) is 3.19. The van der Waals surface area contributed by atoms with Crippen molar-refractivity contribution in [3.05, 3.63) is 33.9 Å². The second-order valence-corrected chi connectivity index (χ2v) is 4.23. The summed E-state index contributed by atoms with van der Waals surface area (Å²) in [6.07, 6.45) is 1.72. The lowest BCUT2D eigenvalue weighted by molar-refractivity contribution is -0.386. The van der Waals surface area contributed by atoms with E-state index >= 15 is 0 Å². The molecule has 1 aliphatic carbocycles. The van der Waals surface area contributed by atoms with Gasteiger partial charge in [0, 0.05) is 11.0 Å². The van der Waals surface area contributed by atoms with Gasteiger partial charge in [-0.25, -0.2) is 5.90 Å². The lowest BCUT2D eigenvalue weighted by Crippen LogP contribution is -2.19. The first-order valence-electron chi connectivity index (χ1n) is 5.27. The number of nitro groups is 1. The maximum atomic E-state index is 11.0. The summed E-state index contributed by atoms with van der Waals surface area (Å²) < 4.78 is 4.99. The number of hydrogen-bond acceptors (Lipinski definition) is 5. The monoisotopic (exact) mass is 238 g/mol. The molecule has 0 saturated heterocycles. The average Bonchev–Trinajstić information content (AvgIpc) is 3.09. The number of rotatable bonds is 5. The molecule has 0 radical (unpaired) electrons. The van der Waals surface area contributed by atoms with E-state index in [0.717, 1.165) is 12.8 Å². The van der Waals surface area contributed by atoms with Crippen molar-refractivity contribution in [1.82, 2.24) is 0 Å². The fraction of sp³-hybridized carbons (Fsp3) is 0.455. The minimum Gasteiger partial charge on any atom is -0.497 e. The molecule has 2 rings (SSSR count). The van der Waals surface area contributed by atoms with Crippen LogP contribution in [-0.4, -0.2) is 18.6 Å². The van der Waals surface area contributed by atoms with Crippen LogP contribution in [0.4, 0.5) is 5.69 Å². The molecule has 6 heteroatoms. The fourth-order valence-corrected chi connectivity index (χ4v) is 2.04. The number of benzene rings is 1. The van der Waals surface area contributed by atoms with E-state index in [1.54, 1.807) is 12.1 Å². The van der Waals surface area contributed by atoms with Crippen molar-refractivity contribution in [2.75, 3.05) is 13.7 Å². The molecule has 6 nitrogen and oxygen atoms in total. The Labute approximate surface area is 98.4 Å². The Balaban J connectivity index is 2.43. The van der Waals surface area contributed by atoms with Crippen molar-refractivity contribution in [3.8, 4) is 5.75 Å². The molecule has 0 bridgehead atoms. The molecule has 0 aliphatic heterocycles. The van der Waals surface area contributed by atoms with Crippen LogP contribution in [0.3, 0.4) is 0 Å². The van der Waals surface area contributed by atoms with Gasteiger partial charge in [-0.1, -0.05) is 0 Å². The van der Waals surface area contributed by atoms with Gasteiger partial charge in [-0.05, 0) is 25.0 Å². The van der Waals surface area contributed by atoms with Gasteiger partial charge in [0.1, 0.15) is 5.75 Å². The first-order chi connectivity index (χ1) is 8.13. The number of methoxy groups -OCH3 is 1. The molecule has 0 heterocycles. The number of hydrogen-bond donors (Lipinski definition) is 1. The van der Waals surface area contributed by atoms with Gasteiger partial charge in [-0.3, -0.25) is 10.1 Å². The molecule has 1 aromatic carbocycles. The van der Waals surface area contributed by atoms with Crippen LogP contribution in [0.5, 0.6) is 5.75 Å². The minimum atomic E-state index is -0.394. The third-order valence-corrected chi connectivity index (χ3v) is 3.19. The second kappa shape index (κ2) is 4.31. The van der Waals surface area contributed by atoms with Gasteiger partial charge in [0.25, 0.3) is 5.69 Å². The summed E-state index contributed by atoms with van der Waals surface area (Å²) in [5, 5.41) is 11.0. The summed E-state index contributed by atoms with van der Waals surface area (Å²) in [4.78, 5) is 15.3. The van der Waals surface area contributed by atoms with Gasteiger partial charge in [0.15, 0.2) is 0 Å². The normalized spacial score (nSPS) is 16.6. The SMILES string of the molecule is COc1ccc(C2(CON)CC2)c([N+](=O)[O-])c1. The molecule has 0 unspecified atom stereocenters. The summed E-state index contributed by atoms with van der Waals surface area (Å²) in [7, 11) is 1.48. The highest BCUT2D eigenvalue weighted by Crippen LogP contribution is 2.51. The second-order valence-electron chi connectivity index (χ2n) is 4.23. The number of nitrogens with zero attached hydrogens (tertiary/aromatic N) is 1. The highest BCUT2D eigenvalue weighted by Gasteiger charge is 2.48. The van der Waals surface area contributed by atoms with E-state index < -0.39 is 4.92 Å². The topological polar surface area (TPSA) is 87.6 Å². The smallest absolute Gasteiger partial charge is 0.276 e. The number of nitro benzene ring substituents is 1. The molecule has 1 fully saturated rings. The van der Waals surface area contributed by atoms with Crippen molar-refractivity contribution < 1.29 is 14.5 Å². The van der Waals surface area contributed by atoms with E-state index in [1.807, 2.05) is 0 Å². The van der Waals surface area contributed by atoms with E-state index in [1.165, 1.54) is 13.2 Å². The van der Waals surface area contributed by atoms with Gasteiger partial charge in [0.2, 0.25) is 0 Å². The van der Waals surface area contributed by atoms with Crippen LogP contribution in [0.1, 0.15) is 18.4 Å². The quantitative estimate of drug-likeness (QED) is 0.620. The molecule has 1 saturated carbocycles. The van der Waals surface area contributed by atoms with Crippen molar-refractivity contribution in [1.29, 1.82) is 0 Å². The Kier molecular flexibility index (Phi) is 2.99. The number of ether oxygens (including phenoxy) is 1. The predicted molar refractivity (Wildman–Crippen MR) is 60.7 cm³/mol. The molecule has 2 N–H and O–H groups in total. The van der Waals surface area contributed by atoms with Crippen LogP contribution in [0.15, 0.2) is 18.2 Å².